The molecule has 0 saturated carbocycles. The van der Waals surface area contributed by atoms with Crippen LogP contribution in [0.15, 0.2) is 17.0 Å². The van der Waals surface area contributed by atoms with E-state index in [4.69, 9.17) is 4.74 Å². The molecule has 1 aliphatic rings. The fourth-order valence-electron chi connectivity index (χ4n) is 1.91. The summed E-state index contributed by atoms with van der Waals surface area (Å²) in [6.07, 6.45) is 0. The standard InChI is InChI=1S/C12H15F3N2O3S/c13-9-1-2-10(12(15)11(9)14)21(18,19)17-6-8-5-16-3-4-20-7-8/h1-2,8,16-17H,3-7H2/t8-/m0/s1. The van der Waals surface area contributed by atoms with Crippen LogP contribution in [0.4, 0.5) is 13.2 Å². The molecule has 5 nitrogen and oxygen atoms in total. The van der Waals surface area contributed by atoms with Crippen molar-refractivity contribution >= 4 is 10.0 Å². The lowest BCUT2D eigenvalue weighted by molar-refractivity contribution is 0.124. The van der Waals surface area contributed by atoms with Crippen molar-refractivity contribution in [2.45, 2.75) is 4.90 Å². The minimum Gasteiger partial charge on any atom is -0.380 e. The lowest BCUT2D eigenvalue weighted by atomic mass is 10.2. The molecule has 0 amide bonds. The maximum atomic E-state index is 13.5. The molecule has 1 aromatic carbocycles. The van der Waals surface area contributed by atoms with Crippen LogP contribution in [0.3, 0.4) is 0 Å². The van der Waals surface area contributed by atoms with Crippen LogP contribution < -0.4 is 10.0 Å². The van der Waals surface area contributed by atoms with Crippen molar-refractivity contribution in [3.05, 3.63) is 29.6 Å². The first kappa shape index (κ1) is 16.2. The molecule has 0 radical (unpaired) electrons. The number of sulfonamides is 1. The van der Waals surface area contributed by atoms with E-state index in [0.29, 0.717) is 38.4 Å². The van der Waals surface area contributed by atoms with Crippen LogP contribution in [0.1, 0.15) is 0 Å². The quantitative estimate of drug-likeness (QED) is 0.797. The summed E-state index contributed by atoms with van der Waals surface area (Å²) >= 11 is 0. The molecule has 118 valence electrons. The first-order valence-electron chi connectivity index (χ1n) is 6.33. The number of ether oxygens (including phenoxy) is 1. The fourth-order valence-corrected chi connectivity index (χ4v) is 3.09. The van der Waals surface area contributed by atoms with Crippen molar-refractivity contribution in [2.24, 2.45) is 5.92 Å². The van der Waals surface area contributed by atoms with Crippen LogP contribution in [-0.4, -0.2) is 41.3 Å². The number of nitrogens with one attached hydrogen (secondary N) is 2. The van der Waals surface area contributed by atoms with E-state index >= 15 is 0 Å². The van der Waals surface area contributed by atoms with E-state index in [0.717, 1.165) is 0 Å². The second kappa shape index (κ2) is 6.73. The van der Waals surface area contributed by atoms with Crippen LogP contribution in [-0.2, 0) is 14.8 Å². The van der Waals surface area contributed by atoms with Gasteiger partial charge in [-0.05, 0) is 12.1 Å². The zero-order valence-electron chi connectivity index (χ0n) is 11.0. The summed E-state index contributed by atoms with van der Waals surface area (Å²) < 4.78 is 70.8. The second-order valence-corrected chi connectivity index (χ2v) is 6.41. The van der Waals surface area contributed by atoms with Gasteiger partial charge in [-0.25, -0.2) is 26.3 Å². The number of rotatable bonds is 4. The van der Waals surface area contributed by atoms with Crippen LogP contribution in [0, 0.1) is 23.4 Å². The van der Waals surface area contributed by atoms with Crippen molar-refractivity contribution in [3.8, 4) is 0 Å². The first-order chi connectivity index (χ1) is 9.92. The average molecular weight is 324 g/mol. The second-order valence-electron chi connectivity index (χ2n) is 4.67. The third-order valence-electron chi connectivity index (χ3n) is 3.06. The van der Waals surface area contributed by atoms with Gasteiger partial charge >= 0.3 is 0 Å². The van der Waals surface area contributed by atoms with Gasteiger partial charge in [0.2, 0.25) is 10.0 Å². The van der Waals surface area contributed by atoms with Crippen molar-refractivity contribution in [2.75, 3.05) is 32.8 Å². The molecule has 9 heteroatoms. The molecule has 0 aliphatic carbocycles. The Kier molecular flexibility index (Phi) is 5.20. The summed E-state index contributed by atoms with van der Waals surface area (Å²) in [7, 11) is -4.26. The minimum atomic E-state index is -4.26. The highest BCUT2D eigenvalue weighted by Gasteiger charge is 2.25. The maximum absolute atomic E-state index is 13.5. The third kappa shape index (κ3) is 3.94. The van der Waals surface area contributed by atoms with Gasteiger partial charge < -0.3 is 10.1 Å². The fraction of sp³-hybridized carbons (Fsp3) is 0.500. The summed E-state index contributed by atoms with van der Waals surface area (Å²) in [6, 6.07) is 1.27. The summed E-state index contributed by atoms with van der Waals surface area (Å²) in [4.78, 5) is -0.913. The van der Waals surface area contributed by atoms with E-state index in [1.807, 2.05) is 0 Å². The van der Waals surface area contributed by atoms with Crippen LogP contribution in [0.25, 0.3) is 0 Å². The lowest BCUT2D eigenvalue weighted by Crippen LogP contribution is -2.35. The Bertz CT molecular complexity index is 602. The third-order valence-corrected chi connectivity index (χ3v) is 4.50. The van der Waals surface area contributed by atoms with Gasteiger partial charge in [0.15, 0.2) is 17.5 Å². The molecular weight excluding hydrogens is 309 g/mol. The molecule has 1 aromatic rings. The van der Waals surface area contributed by atoms with Crippen molar-refractivity contribution < 1.29 is 26.3 Å². The molecule has 2 N–H and O–H groups in total. The number of halogens is 3. The molecule has 1 atom stereocenters. The summed E-state index contributed by atoms with van der Waals surface area (Å²) in [5.74, 6) is -5.10. The van der Waals surface area contributed by atoms with E-state index < -0.39 is 32.4 Å². The van der Waals surface area contributed by atoms with Crippen molar-refractivity contribution in [3.63, 3.8) is 0 Å². The zero-order valence-corrected chi connectivity index (χ0v) is 11.9. The Morgan fingerprint density at radius 2 is 2.05 bits per heavy atom. The Labute approximate surface area is 120 Å². The average Bonchev–Trinajstić information content (AvgIpc) is 2.71. The highest BCUT2D eigenvalue weighted by molar-refractivity contribution is 7.89. The molecule has 0 bridgehead atoms. The molecule has 1 heterocycles. The van der Waals surface area contributed by atoms with Gasteiger partial charge in [-0.1, -0.05) is 0 Å². The van der Waals surface area contributed by atoms with Crippen LogP contribution in [0.5, 0.6) is 0 Å². The van der Waals surface area contributed by atoms with Gasteiger partial charge in [-0.3, -0.25) is 0 Å². The van der Waals surface area contributed by atoms with E-state index in [2.05, 4.69) is 10.0 Å². The van der Waals surface area contributed by atoms with Gasteiger partial charge in [0.25, 0.3) is 0 Å². The normalized spacial score (nSPS) is 20.2. The van der Waals surface area contributed by atoms with Crippen molar-refractivity contribution in [1.29, 1.82) is 0 Å². The molecule has 0 aromatic heterocycles. The van der Waals surface area contributed by atoms with Crippen LogP contribution in [0.2, 0.25) is 0 Å². The number of hydrogen-bond acceptors (Lipinski definition) is 4. The molecule has 21 heavy (non-hydrogen) atoms. The zero-order chi connectivity index (χ0) is 15.5. The summed E-state index contributed by atoms with van der Waals surface area (Å²) in [5, 5.41) is 3.06. The topological polar surface area (TPSA) is 67.4 Å². The Morgan fingerprint density at radius 3 is 2.81 bits per heavy atom. The smallest absolute Gasteiger partial charge is 0.243 e. The highest BCUT2D eigenvalue weighted by Crippen LogP contribution is 2.19. The van der Waals surface area contributed by atoms with Gasteiger partial charge in [0.1, 0.15) is 4.90 Å². The molecule has 0 spiro atoms. The highest BCUT2D eigenvalue weighted by atomic mass is 32.2. The maximum Gasteiger partial charge on any atom is 0.243 e. The molecule has 0 unspecified atom stereocenters. The first-order valence-corrected chi connectivity index (χ1v) is 7.82. The molecule has 1 aliphatic heterocycles. The van der Waals surface area contributed by atoms with E-state index in [-0.39, 0.29) is 12.5 Å². The SMILES string of the molecule is O=S(=O)(NC[C@@H]1CNCCOC1)c1ccc(F)c(F)c1F. The minimum absolute atomic E-state index is 0.00771. The van der Waals surface area contributed by atoms with Gasteiger partial charge in [0.05, 0.1) is 13.2 Å². The molecule has 1 saturated heterocycles. The molecule has 2 rings (SSSR count). The monoisotopic (exact) mass is 324 g/mol. The Hall–Kier alpha value is -1.16. The van der Waals surface area contributed by atoms with Gasteiger partial charge in [-0.15, -0.1) is 0 Å². The van der Waals surface area contributed by atoms with Gasteiger partial charge in [-0.2, -0.15) is 0 Å². The summed E-state index contributed by atoms with van der Waals surface area (Å²) in [6.45, 7) is 2.11. The largest absolute Gasteiger partial charge is 0.380 e. The van der Waals surface area contributed by atoms with Crippen molar-refractivity contribution in [1.82, 2.24) is 10.0 Å². The molecule has 1 fully saturated rings. The van der Waals surface area contributed by atoms with Crippen LogP contribution >= 0.6 is 0 Å². The predicted octanol–water partition coefficient (Wildman–Crippen LogP) is 0.618. The number of benzene rings is 1. The number of hydrogen-bond donors (Lipinski definition) is 2. The van der Waals surface area contributed by atoms with E-state index in [1.165, 1.54) is 0 Å². The lowest BCUT2D eigenvalue weighted by Gasteiger charge is -2.15. The van der Waals surface area contributed by atoms with E-state index in [1.54, 1.807) is 0 Å². The van der Waals surface area contributed by atoms with Gasteiger partial charge in [0, 0.05) is 25.6 Å². The Balaban J connectivity index is 2.09. The summed E-state index contributed by atoms with van der Waals surface area (Å²) in [5.41, 5.74) is 0. The molecular formula is C12H15F3N2O3S. The predicted molar refractivity (Wildman–Crippen MR) is 68.7 cm³/mol. The Morgan fingerprint density at radius 1 is 1.29 bits per heavy atom. The van der Waals surface area contributed by atoms with E-state index in [9.17, 15) is 21.6 Å².